The predicted molar refractivity (Wildman–Crippen MR) is 99.5 cm³/mol. The summed E-state index contributed by atoms with van der Waals surface area (Å²) in [4.78, 5) is 21.2. The van der Waals surface area contributed by atoms with Crippen molar-refractivity contribution in [2.45, 2.75) is 13.1 Å². The maximum absolute atomic E-state index is 13.1. The zero-order valence-electron chi connectivity index (χ0n) is 15.3. The number of carbonyl (C=O) groups is 1. The van der Waals surface area contributed by atoms with Crippen molar-refractivity contribution in [3.63, 3.8) is 0 Å². The fourth-order valence-electron chi connectivity index (χ4n) is 3.54. The van der Waals surface area contributed by atoms with Crippen LogP contribution in [-0.4, -0.2) is 46.4 Å². The molecule has 1 aromatic carbocycles. The highest BCUT2D eigenvalue weighted by molar-refractivity contribution is 5.95. The lowest BCUT2D eigenvalue weighted by atomic mass is 10.2. The maximum atomic E-state index is 13.1. The molecule has 0 N–H and O–H groups in total. The molecule has 1 fully saturated rings. The lowest BCUT2D eigenvalue weighted by molar-refractivity contribution is -0.137. The number of nitrogens with zero attached hydrogens (tertiary/aromatic N) is 4. The first kappa shape index (κ1) is 18.3. The van der Waals surface area contributed by atoms with E-state index in [4.69, 9.17) is 0 Å². The molecule has 1 aliphatic rings. The highest BCUT2D eigenvalue weighted by atomic mass is 19.4. The van der Waals surface area contributed by atoms with E-state index < -0.39 is 11.7 Å². The number of hydrogen-bond donors (Lipinski definition) is 0. The van der Waals surface area contributed by atoms with Crippen molar-refractivity contribution in [2.24, 2.45) is 0 Å². The molecule has 2 aromatic heterocycles. The van der Waals surface area contributed by atoms with Crippen molar-refractivity contribution in [1.29, 1.82) is 0 Å². The van der Waals surface area contributed by atoms with Crippen LogP contribution in [0.5, 0.6) is 0 Å². The van der Waals surface area contributed by atoms with E-state index in [1.54, 1.807) is 11.8 Å². The van der Waals surface area contributed by atoms with Gasteiger partial charge in [0.2, 0.25) is 0 Å². The van der Waals surface area contributed by atoms with Gasteiger partial charge in [-0.25, -0.2) is 4.98 Å². The van der Waals surface area contributed by atoms with Gasteiger partial charge in [0.15, 0.2) is 0 Å². The van der Waals surface area contributed by atoms with Crippen LogP contribution in [0.25, 0.3) is 5.65 Å². The first-order valence-corrected chi connectivity index (χ1v) is 9.00. The first-order chi connectivity index (χ1) is 13.3. The minimum Gasteiger partial charge on any atom is -0.368 e. The second kappa shape index (κ2) is 6.85. The van der Waals surface area contributed by atoms with Crippen LogP contribution in [0.2, 0.25) is 0 Å². The van der Waals surface area contributed by atoms with Gasteiger partial charge < -0.3 is 9.80 Å². The Balaban J connectivity index is 1.58. The fourth-order valence-corrected chi connectivity index (χ4v) is 3.54. The van der Waals surface area contributed by atoms with Gasteiger partial charge in [-0.1, -0.05) is 18.2 Å². The van der Waals surface area contributed by atoms with Crippen LogP contribution in [-0.2, 0) is 6.18 Å². The highest BCUT2D eigenvalue weighted by Crippen LogP contribution is 2.30. The van der Waals surface area contributed by atoms with Gasteiger partial charge in [-0.2, -0.15) is 13.2 Å². The average Bonchev–Trinajstić information content (AvgIpc) is 3.02. The Labute approximate surface area is 160 Å². The number of anilines is 1. The number of amides is 1. The van der Waals surface area contributed by atoms with Crippen molar-refractivity contribution < 1.29 is 18.0 Å². The van der Waals surface area contributed by atoms with Gasteiger partial charge in [0.05, 0.1) is 11.3 Å². The molecular weight excluding hydrogens is 369 g/mol. The van der Waals surface area contributed by atoms with Crippen molar-refractivity contribution in [1.82, 2.24) is 14.3 Å². The zero-order chi connectivity index (χ0) is 19.9. The highest BCUT2D eigenvalue weighted by Gasteiger charge is 2.32. The molecule has 28 heavy (non-hydrogen) atoms. The number of pyridine rings is 1. The van der Waals surface area contributed by atoms with E-state index in [1.807, 2.05) is 30.3 Å². The van der Waals surface area contributed by atoms with E-state index in [2.05, 4.69) is 9.88 Å². The van der Waals surface area contributed by atoms with Crippen LogP contribution < -0.4 is 4.90 Å². The van der Waals surface area contributed by atoms with Crippen molar-refractivity contribution in [2.75, 3.05) is 31.1 Å². The summed E-state index contributed by atoms with van der Waals surface area (Å²) in [5, 5.41) is 0. The van der Waals surface area contributed by atoms with Gasteiger partial charge in [-0.05, 0) is 31.2 Å². The van der Waals surface area contributed by atoms with Crippen LogP contribution in [0.4, 0.5) is 18.9 Å². The number of piperazine rings is 1. The SMILES string of the molecule is Cc1nc2ccc(C(F)(F)F)cn2c1C(=O)N1CCN(c2ccccc2)CC1. The molecule has 1 amide bonds. The molecule has 4 rings (SSSR count). The van der Waals surface area contributed by atoms with Gasteiger partial charge in [-0.15, -0.1) is 0 Å². The molecule has 1 aliphatic heterocycles. The minimum atomic E-state index is -4.48. The van der Waals surface area contributed by atoms with Gasteiger partial charge in [0, 0.05) is 38.1 Å². The smallest absolute Gasteiger partial charge is 0.368 e. The normalized spacial score (nSPS) is 15.3. The van der Waals surface area contributed by atoms with E-state index >= 15 is 0 Å². The topological polar surface area (TPSA) is 40.9 Å². The summed E-state index contributed by atoms with van der Waals surface area (Å²) in [7, 11) is 0. The van der Waals surface area contributed by atoms with Gasteiger partial charge >= 0.3 is 6.18 Å². The predicted octanol–water partition coefficient (Wildman–Crippen LogP) is 3.62. The lowest BCUT2D eigenvalue weighted by Gasteiger charge is -2.36. The Bertz CT molecular complexity index is 1010. The number of halogens is 3. The Morgan fingerprint density at radius 2 is 1.68 bits per heavy atom. The summed E-state index contributed by atoms with van der Waals surface area (Å²) < 4.78 is 40.5. The molecule has 0 unspecified atom stereocenters. The molecule has 8 heteroatoms. The molecule has 146 valence electrons. The maximum Gasteiger partial charge on any atom is 0.417 e. The third-order valence-electron chi connectivity index (χ3n) is 5.01. The molecule has 0 saturated carbocycles. The molecular formula is C20H19F3N4O. The molecule has 0 aliphatic carbocycles. The van der Waals surface area contributed by atoms with Crippen LogP contribution in [0.1, 0.15) is 21.7 Å². The molecule has 1 saturated heterocycles. The second-order valence-electron chi connectivity index (χ2n) is 6.80. The number of fused-ring (bicyclic) bond motifs is 1. The van der Waals surface area contributed by atoms with Crippen molar-refractivity contribution in [3.05, 3.63) is 65.6 Å². The van der Waals surface area contributed by atoms with E-state index in [1.165, 1.54) is 10.5 Å². The van der Waals surface area contributed by atoms with Crippen LogP contribution in [0, 0.1) is 6.92 Å². The molecule has 0 atom stereocenters. The van der Waals surface area contributed by atoms with E-state index in [0.29, 0.717) is 37.5 Å². The number of aryl methyl sites for hydroxylation is 1. The van der Waals surface area contributed by atoms with Gasteiger partial charge in [-0.3, -0.25) is 9.20 Å². The number of hydrogen-bond acceptors (Lipinski definition) is 3. The molecule has 0 radical (unpaired) electrons. The summed E-state index contributed by atoms with van der Waals surface area (Å²) >= 11 is 0. The van der Waals surface area contributed by atoms with Crippen LogP contribution in [0.15, 0.2) is 48.7 Å². The number of aromatic nitrogens is 2. The number of benzene rings is 1. The van der Waals surface area contributed by atoms with E-state index in [0.717, 1.165) is 18.0 Å². The fraction of sp³-hybridized carbons (Fsp3) is 0.300. The molecule has 0 bridgehead atoms. The quantitative estimate of drug-likeness (QED) is 0.673. The summed E-state index contributed by atoms with van der Waals surface area (Å²) in [5.74, 6) is -0.294. The van der Waals surface area contributed by atoms with Crippen LogP contribution >= 0.6 is 0 Å². The van der Waals surface area contributed by atoms with Crippen molar-refractivity contribution >= 4 is 17.2 Å². The summed E-state index contributed by atoms with van der Waals surface area (Å²) in [6, 6.07) is 12.2. The van der Waals surface area contributed by atoms with E-state index in [9.17, 15) is 18.0 Å². The monoisotopic (exact) mass is 388 g/mol. The molecule has 0 spiro atoms. The van der Waals surface area contributed by atoms with Crippen molar-refractivity contribution in [3.8, 4) is 0 Å². The van der Waals surface area contributed by atoms with E-state index in [-0.39, 0.29) is 11.6 Å². The largest absolute Gasteiger partial charge is 0.417 e. The van der Waals surface area contributed by atoms with Crippen LogP contribution in [0.3, 0.4) is 0 Å². The number of imidazole rings is 1. The van der Waals surface area contributed by atoms with Gasteiger partial charge in [0.25, 0.3) is 5.91 Å². The van der Waals surface area contributed by atoms with Gasteiger partial charge in [0.1, 0.15) is 11.3 Å². The number of carbonyl (C=O) groups excluding carboxylic acids is 1. The molecule has 3 heterocycles. The Morgan fingerprint density at radius 3 is 2.32 bits per heavy atom. The molecule has 3 aromatic rings. The molecule has 5 nitrogen and oxygen atoms in total. The number of alkyl halides is 3. The zero-order valence-corrected chi connectivity index (χ0v) is 15.3. The third-order valence-corrected chi connectivity index (χ3v) is 5.01. The Kier molecular flexibility index (Phi) is 4.49. The summed E-state index contributed by atoms with van der Waals surface area (Å²) in [6.45, 7) is 3.98. The summed E-state index contributed by atoms with van der Waals surface area (Å²) in [6.07, 6.45) is -3.53. The lowest BCUT2D eigenvalue weighted by Crippen LogP contribution is -2.49. The number of rotatable bonds is 2. The number of para-hydroxylation sites is 1. The Hall–Kier alpha value is -3.03. The summed E-state index contributed by atoms with van der Waals surface area (Å²) in [5.41, 5.74) is 1.23. The Morgan fingerprint density at radius 1 is 1.00 bits per heavy atom. The third kappa shape index (κ3) is 3.30. The second-order valence-corrected chi connectivity index (χ2v) is 6.80. The average molecular weight is 388 g/mol. The minimum absolute atomic E-state index is 0.189. The standard InChI is InChI=1S/C20H19F3N4O/c1-14-18(27-13-15(20(21,22)23)7-8-17(27)24-14)19(28)26-11-9-25(10-12-26)16-5-3-2-4-6-16/h2-8,13H,9-12H2,1H3. The first-order valence-electron chi connectivity index (χ1n) is 9.00.